The number of benzene rings is 1. The fourth-order valence-corrected chi connectivity index (χ4v) is 3.17. The van der Waals surface area contributed by atoms with Gasteiger partial charge in [0.15, 0.2) is 0 Å². The van der Waals surface area contributed by atoms with Crippen molar-refractivity contribution in [3.05, 3.63) is 47.2 Å². The minimum Gasteiger partial charge on any atom is -0.384 e. The lowest BCUT2D eigenvalue weighted by Crippen LogP contribution is -2.47. The van der Waals surface area contributed by atoms with E-state index < -0.39 is 0 Å². The van der Waals surface area contributed by atoms with Crippen LogP contribution in [0.3, 0.4) is 0 Å². The molecule has 0 aliphatic carbocycles. The molecule has 1 aromatic carbocycles. The molecule has 0 atom stereocenters. The van der Waals surface area contributed by atoms with Gasteiger partial charge >= 0.3 is 0 Å². The number of nitrogen functional groups attached to an aromatic ring is 1. The average Bonchev–Trinajstić information content (AvgIpc) is 2.50. The molecule has 0 bridgehead atoms. The minimum absolute atomic E-state index is 0.593. The lowest BCUT2D eigenvalue weighted by Gasteiger charge is -2.38. The Morgan fingerprint density at radius 1 is 0.909 bits per heavy atom. The fourth-order valence-electron chi connectivity index (χ4n) is 3.17. The maximum Gasteiger partial charge on any atom is 0.123 e. The summed E-state index contributed by atoms with van der Waals surface area (Å²) in [6.45, 7) is 10.6. The summed E-state index contributed by atoms with van der Waals surface area (Å²) in [5.41, 5.74) is 12.3. The zero-order chi connectivity index (χ0) is 15.7. The van der Waals surface area contributed by atoms with Gasteiger partial charge in [-0.15, -0.1) is 0 Å². The number of aryl methyl sites for hydroxylation is 2. The molecule has 2 heterocycles. The van der Waals surface area contributed by atoms with Crippen molar-refractivity contribution in [2.45, 2.75) is 20.8 Å². The van der Waals surface area contributed by atoms with Gasteiger partial charge in [-0.3, -0.25) is 0 Å². The summed E-state index contributed by atoms with van der Waals surface area (Å²) < 4.78 is 0. The van der Waals surface area contributed by atoms with Crippen LogP contribution in [0.1, 0.15) is 16.7 Å². The number of piperazine rings is 1. The normalized spacial score (nSPS) is 15.2. The topological polar surface area (TPSA) is 45.4 Å². The van der Waals surface area contributed by atoms with E-state index in [0.717, 1.165) is 26.2 Å². The second kappa shape index (κ2) is 5.87. The Labute approximate surface area is 132 Å². The summed E-state index contributed by atoms with van der Waals surface area (Å²) in [6.07, 6.45) is 1.90. The molecule has 1 saturated heterocycles. The molecule has 1 fully saturated rings. The number of hydrogen-bond donors (Lipinski definition) is 1. The zero-order valence-electron chi connectivity index (χ0n) is 13.6. The quantitative estimate of drug-likeness (QED) is 0.925. The van der Waals surface area contributed by atoms with Gasteiger partial charge in [0, 0.05) is 31.9 Å². The molecule has 22 heavy (non-hydrogen) atoms. The predicted molar refractivity (Wildman–Crippen MR) is 93.7 cm³/mol. The molecule has 2 N–H and O–H groups in total. The van der Waals surface area contributed by atoms with E-state index in [0.29, 0.717) is 5.82 Å². The molecule has 3 rings (SSSR count). The summed E-state index contributed by atoms with van der Waals surface area (Å²) in [5, 5.41) is 0. The first-order valence-corrected chi connectivity index (χ1v) is 7.84. The highest BCUT2D eigenvalue weighted by atomic mass is 15.3. The lowest BCUT2D eigenvalue weighted by atomic mass is 10.1. The highest BCUT2D eigenvalue weighted by Crippen LogP contribution is 2.26. The van der Waals surface area contributed by atoms with Gasteiger partial charge in [-0.1, -0.05) is 12.1 Å². The van der Waals surface area contributed by atoms with Crippen molar-refractivity contribution in [3.63, 3.8) is 0 Å². The van der Waals surface area contributed by atoms with E-state index in [2.05, 4.69) is 53.8 Å². The van der Waals surface area contributed by atoms with E-state index in [1.807, 2.05) is 12.3 Å². The van der Waals surface area contributed by atoms with Gasteiger partial charge in [-0.05, 0) is 49.6 Å². The molecule has 1 aliphatic rings. The number of nitrogens with zero attached hydrogens (tertiary/aromatic N) is 3. The highest BCUT2D eigenvalue weighted by Gasteiger charge is 2.20. The maximum absolute atomic E-state index is 5.75. The molecule has 0 radical (unpaired) electrons. The number of pyridine rings is 1. The van der Waals surface area contributed by atoms with Gasteiger partial charge < -0.3 is 15.5 Å². The molecule has 0 unspecified atom stereocenters. The maximum atomic E-state index is 5.75. The first-order valence-electron chi connectivity index (χ1n) is 7.84. The Kier molecular flexibility index (Phi) is 3.92. The molecule has 2 aromatic rings. The monoisotopic (exact) mass is 296 g/mol. The first-order chi connectivity index (χ1) is 10.6. The van der Waals surface area contributed by atoms with E-state index >= 15 is 0 Å². The van der Waals surface area contributed by atoms with Gasteiger partial charge in [0.05, 0.1) is 11.9 Å². The summed E-state index contributed by atoms with van der Waals surface area (Å²) in [7, 11) is 0. The third-order valence-corrected chi connectivity index (χ3v) is 4.64. The predicted octanol–water partition coefficient (Wildman–Crippen LogP) is 2.92. The minimum atomic E-state index is 0.593. The standard InChI is InChI=1S/C18H24N4/c1-13-5-4-6-16(15(13)3)21-7-9-22(10-8-21)17-12-20-18(19)11-14(17)2/h4-6,11-12H,7-10H2,1-3H3,(H2,19,20). The largest absolute Gasteiger partial charge is 0.384 e. The van der Waals surface area contributed by atoms with Crippen molar-refractivity contribution >= 4 is 17.2 Å². The number of hydrogen-bond acceptors (Lipinski definition) is 4. The van der Waals surface area contributed by atoms with Crippen molar-refractivity contribution in [3.8, 4) is 0 Å². The van der Waals surface area contributed by atoms with E-state index in [9.17, 15) is 0 Å². The zero-order valence-corrected chi connectivity index (χ0v) is 13.6. The van der Waals surface area contributed by atoms with Gasteiger partial charge in [-0.25, -0.2) is 4.98 Å². The van der Waals surface area contributed by atoms with E-state index in [1.54, 1.807) is 0 Å². The summed E-state index contributed by atoms with van der Waals surface area (Å²) in [6, 6.07) is 8.51. The van der Waals surface area contributed by atoms with Crippen molar-refractivity contribution in [2.75, 3.05) is 41.7 Å². The van der Waals surface area contributed by atoms with Crippen LogP contribution < -0.4 is 15.5 Å². The van der Waals surface area contributed by atoms with Crippen LogP contribution in [0.5, 0.6) is 0 Å². The molecule has 1 aliphatic heterocycles. The molecule has 0 spiro atoms. The smallest absolute Gasteiger partial charge is 0.123 e. The van der Waals surface area contributed by atoms with E-state index in [1.165, 1.54) is 28.1 Å². The van der Waals surface area contributed by atoms with Crippen LogP contribution in [0.25, 0.3) is 0 Å². The third kappa shape index (κ3) is 2.73. The Hall–Kier alpha value is -2.23. The van der Waals surface area contributed by atoms with Crippen LogP contribution >= 0.6 is 0 Å². The molecule has 4 heteroatoms. The molecule has 0 saturated carbocycles. The van der Waals surface area contributed by atoms with E-state index in [4.69, 9.17) is 5.73 Å². The summed E-state index contributed by atoms with van der Waals surface area (Å²) in [5.74, 6) is 0.593. The number of aromatic nitrogens is 1. The number of nitrogens with two attached hydrogens (primary N) is 1. The Morgan fingerprint density at radius 3 is 2.18 bits per heavy atom. The number of rotatable bonds is 2. The van der Waals surface area contributed by atoms with Crippen LogP contribution in [0, 0.1) is 20.8 Å². The van der Waals surface area contributed by atoms with Crippen molar-refractivity contribution in [1.29, 1.82) is 0 Å². The molecule has 0 amide bonds. The Bertz CT molecular complexity index is 673. The van der Waals surface area contributed by atoms with Gasteiger partial charge in [-0.2, -0.15) is 0 Å². The van der Waals surface area contributed by atoms with Gasteiger partial charge in [0.2, 0.25) is 0 Å². The van der Waals surface area contributed by atoms with E-state index in [-0.39, 0.29) is 0 Å². The second-order valence-electron chi connectivity index (χ2n) is 6.09. The van der Waals surface area contributed by atoms with Crippen LogP contribution in [-0.4, -0.2) is 31.2 Å². The van der Waals surface area contributed by atoms with Crippen LogP contribution in [0.2, 0.25) is 0 Å². The Morgan fingerprint density at radius 2 is 1.55 bits per heavy atom. The molecule has 4 nitrogen and oxygen atoms in total. The Balaban J connectivity index is 1.74. The fraction of sp³-hybridized carbons (Fsp3) is 0.389. The molecule has 1 aromatic heterocycles. The number of anilines is 3. The van der Waals surface area contributed by atoms with Crippen LogP contribution in [-0.2, 0) is 0 Å². The highest BCUT2D eigenvalue weighted by molar-refractivity contribution is 5.59. The summed E-state index contributed by atoms with van der Waals surface area (Å²) in [4.78, 5) is 9.13. The van der Waals surface area contributed by atoms with Gasteiger partial charge in [0.1, 0.15) is 5.82 Å². The second-order valence-corrected chi connectivity index (χ2v) is 6.09. The first kappa shape index (κ1) is 14.7. The summed E-state index contributed by atoms with van der Waals surface area (Å²) >= 11 is 0. The average molecular weight is 296 g/mol. The molecular formula is C18H24N4. The SMILES string of the molecule is Cc1cc(N)ncc1N1CCN(c2cccc(C)c2C)CC1. The van der Waals surface area contributed by atoms with Gasteiger partial charge in [0.25, 0.3) is 0 Å². The van der Waals surface area contributed by atoms with Crippen molar-refractivity contribution < 1.29 is 0 Å². The molecule has 116 valence electrons. The third-order valence-electron chi connectivity index (χ3n) is 4.64. The lowest BCUT2D eigenvalue weighted by molar-refractivity contribution is 0.650. The van der Waals surface area contributed by atoms with Crippen LogP contribution in [0.4, 0.5) is 17.2 Å². The van der Waals surface area contributed by atoms with Crippen molar-refractivity contribution in [2.24, 2.45) is 0 Å². The van der Waals surface area contributed by atoms with Crippen molar-refractivity contribution in [1.82, 2.24) is 4.98 Å². The molecular weight excluding hydrogens is 272 g/mol. The van der Waals surface area contributed by atoms with Crippen LogP contribution in [0.15, 0.2) is 30.5 Å².